The van der Waals surface area contributed by atoms with Gasteiger partial charge >= 0.3 is 0 Å². The second kappa shape index (κ2) is 7.76. The SMILES string of the molecule is N=Cc1cccc2c1ccn2CC(=O)NC1CCN(Cc2ccccc2)C1. The highest BCUT2D eigenvalue weighted by Gasteiger charge is 2.24. The van der Waals surface area contributed by atoms with Gasteiger partial charge < -0.3 is 15.3 Å². The maximum atomic E-state index is 12.5. The minimum atomic E-state index is 0.0410. The van der Waals surface area contributed by atoms with Crippen molar-refractivity contribution in [3.63, 3.8) is 0 Å². The average molecular weight is 360 g/mol. The molecule has 1 amide bonds. The highest BCUT2D eigenvalue weighted by Crippen LogP contribution is 2.19. The molecule has 4 rings (SSSR count). The highest BCUT2D eigenvalue weighted by molar-refractivity contribution is 5.98. The molecule has 3 aromatic rings. The van der Waals surface area contributed by atoms with Gasteiger partial charge in [0, 0.05) is 54.6 Å². The van der Waals surface area contributed by atoms with Gasteiger partial charge in [0.2, 0.25) is 5.91 Å². The Morgan fingerprint density at radius 1 is 1.15 bits per heavy atom. The molecule has 1 aliphatic rings. The van der Waals surface area contributed by atoms with E-state index in [1.807, 2.05) is 41.1 Å². The number of aromatic nitrogens is 1. The molecule has 1 saturated heterocycles. The van der Waals surface area contributed by atoms with Crippen LogP contribution in [0.4, 0.5) is 0 Å². The van der Waals surface area contributed by atoms with Crippen LogP contribution in [0.3, 0.4) is 0 Å². The van der Waals surface area contributed by atoms with Crippen LogP contribution < -0.4 is 5.32 Å². The molecule has 2 heterocycles. The number of rotatable bonds is 6. The van der Waals surface area contributed by atoms with Gasteiger partial charge in [0.25, 0.3) is 0 Å². The maximum absolute atomic E-state index is 12.5. The van der Waals surface area contributed by atoms with Crippen LogP contribution in [-0.2, 0) is 17.9 Å². The predicted octanol–water partition coefficient (Wildman–Crippen LogP) is 3.03. The van der Waals surface area contributed by atoms with Gasteiger partial charge in [-0.05, 0) is 24.1 Å². The molecule has 0 saturated carbocycles. The first-order chi connectivity index (χ1) is 13.2. The van der Waals surface area contributed by atoms with E-state index in [1.165, 1.54) is 11.8 Å². The van der Waals surface area contributed by atoms with Crippen molar-refractivity contribution in [1.82, 2.24) is 14.8 Å². The standard InChI is InChI=1S/C22H24N4O/c23-13-18-7-4-8-21-20(18)10-12-26(21)16-22(27)24-19-9-11-25(15-19)14-17-5-2-1-3-6-17/h1-8,10,12-13,19,23H,9,11,14-16H2,(H,24,27). The Hall–Kier alpha value is -2.92. The third-order valence-electron chi connectivity index (χ3n) is 5.20. The van der Waals surface area contributed by atoms with Crippen molar-refractivity contribution >= 4 is 23.0 Å². The molecule has 1 fully saturated rings. The smallest absolute Gasteiger partial charge is 0.240 e. The Bertz CT molecular complexity index is 947. The highest BCUT2D eigenvalue weighted by atomic mass is 16.2. The van der Waals surface area contributed by atoms with Crippen molar-refractivity contribution in [2.24, 2.45) is 0 Å². The van der Waals surface area contributed by atoms with Crippen molar-refractivity contribution < 1.29 is 4.79 Å². The number of likely N-dealkylation sites (tertiary alicyclic amines) is 1. The van der Waals surface area contributed by atoms with Gasteiger partial charge in [-0.1, -0.05) is 42.5 Å². The number of hydrogen-bond acceptors (Lipinski definition) is 3. The molecule has 1 aromatic heterocycles. The molecular formula is C22H24N4O. The van der Waals surface area contributed by atoms with Gasteiger partial charge in [-0.25, -0.2) is 0 Å². The zero-order valence-corrected chi connectivity index (χ0v) is 15.3. The summed E-state index contributed by atoms with van der Waals surface area (Å²) in [6.07, 6.45) is 4.27. The number of nitrogens with zero attached hydrogens (tertiary/aromatic N) is 2. The van der Waals surface area contributed by atoms with Crippen molar-refractivity contribution in [3.8, 4) is 0 Å². The van der Waals surface area contributed by atoms with E-state index in [0.717, 1.165) is 42.5 Å². The Balaban J connectivity index is 1.34. The van der Waals surface area contributed by atoms with E-state index in [2.05, 4.69) is 34.5 Å². The summed E-state index contributed by atoms with van der Waals surface area (Å²) in [7, 11) is 0. The molecule has 1 unspecified atom stereocenters. The second-order valence-electron chi connectivity index (χ2n) is 7.14. The molecule has 27 heavy (non-hydrogen) atoms. The number of benzene rings is 2. The zero-order chi connectivity index (χ0) is 18.6. The molecule has 5 heteroatoms. The predicted molar refractivity (Wildman–Crippen MR) is 108 cm³/mol. The van der Waals surface area contributed by atoms with Crippen LogP contribution >= 0.6 is 0 Å². The molecule has 0 spiro atoms. The third kappa shape index (κ3) is 3.93. The van der Waals surface area contributed by atoms with Crippen LogP contribution in [0, 0.1) is 5.41 Å². The van der Waals surface area contributed by atoms with Crippen molar-refractivity contribution in [3.05, 3.63) is 71.9 Å². The van der Waals surface area contributed by atoms with Crippen molar-refractivity contribution in [2.45, 2.75) is 25.6 Å². The minimum absolute atomic E-state index is 0.0410. The number of carbonyl (C=O) groups excluding carboxylic acids is 1. The molecule has 0 bridgehead atoms. The lowest BCUT2D eigenvalue weighted by molar-refractivity contribution is -0.122. The number of fused-ring (bicyclic) bond motifs is 1. The van der Waals surface area contributed by atoms with E-state index in [-0.39, 0.29) is 11.9 Å². The van der Waals surface area contributed by atoms with Gasteiger partial charge in [0.1, 0.15) is 6.54 Å². The molecule has 5 nitrogen and oxygen atoms in total. The quantitative estimate of drug-likeness (QED) is 0.664. The van der Waals surface area contributed by atoms with Gasteiger partial charge in [-0.3, -0.25) is 9.69 Å². The summed E-state index contributed by atoms with van der Waals surface area (Å²) in [5.74, 6) is 0.0410. The first-order valence-corrected chi connectivity index (χ1v) is 9.37. The topological polar surface area (TPSA) is 61.1 Å². The van der Waals surface area contributed by atoms with E-state index in [9.17, 15) is 4.79 Å². The first kappa shape index (κ1) is 17.5. The van der Waals surface area contributed by atoms with Crippen LogP contribution in [0.1, 0.15) is 17.5 Å². The summed E-state index contributed by atoms with van der Waals surface area (Å²) >= 11 is 0. The fourth-order valence-electron chi connectivity index (χ4n) is 3.87. The average Bonchev–Trinajstić information content (AvgIpc) is 3.29. The lowest BCUT2D eigenvalue weighted by Crippen LogP contribution is -2.38. The Labute approximate surface area is 159 Å². The van der Waals surface area contributed by atoms with Gasteiger partial charge in [0.05, 0.1) is 0 Å². The van der Waals surface area contributed by atoms with Crippen LogP contribution in [0.5, 0.6) is 0 Å². The number of hydrogen-bond donors (Lipinski definition) is 2. The number of carbonyl (C=O) groups is 1. The Kier molecular flexibility index (Phi) is 5.03. The number of nitrogens with one attached hydrogen (secondary N) is 2. The molecule has 1 atom stereocenters. The van der Waals surface area contributed by atoms with E-state index in [0.29, 0.717) is 6.54 Å². The summed E-state index contributed by atoms with van der Waals surface area (Å²) in [6, 6.07) is 18.5. The fraction of sp³-hybridized carbons (Fsp3) is 0.273. The monoisotopic (exact) mass is 360 g/mol. The summed E-state index contributed by atoms with van der Waals surface area (Å²) < 4.78 is 1.95. The molecule has 138 valence electrons. The summed E-state index contributed by atoms with van der Waals surface area (Å²) in [5.41, 5.74) is 3.17. The van der Waals surface area contributed by atoms with E-state index >= 15 is 0 Å². The molecule has 1 aliphatic heterocycles. The largest absolute Gasteiger partial charge is 0.350 e. The summed E-state index contributed by atoms with van der Waals surface area (Å²) in [4.78, 5) is 14.9. The second-order valence-corrected chi connectivity index (χ2v) is 7.14. The third-order valence-corrected chi connectivity index (χ3v) is 5.20. The maximum Gasteiger partial charge on any atom is 0.240 e. The lowest BCUT2D eigenvalue weighted by Gasteiger charge is -2.17. The summed E-state index contributed by atoms with van der Waals surface area (Å²) in [5, 5.41) is 11.7. The molecular weight excluding hydrogens is 336 g/mol. The van der Waals surface area contributed by atoms with E-state index < -0.39 is 0 Å². The van der Waals surface area contributed by atoms with Crippen LogP contribution in [0.2, 0.25) is 0 Å². The van der Waals surface area contributed by atoms with Crippen LogP contribution in [0.25, 0.3) is 10.9 Å². The van der Waals surface area contributed by atoms with Crippen molar-refractivity contribution in [1.29, 1.82) is 5.41 Å². The Morgan fingerprint density at radius 3 is 2.81 bits per heavy atom. The van der Waals surface area contributed by atoms with Crippen molar-refractivity contribution in [2.75, 3.05) is 13.1 Å². The fourth-order valence-corrected chi connectivity index (χ4v) is 3.87. The molecule has 0 radical (unpaired) electrons. The van der Waals surface area contributed by atoms with Gasteiger partial charge in [-0.15, -0.1) is 0 Å². The zero-order valence-electron chi connectivity index (χ0n) is 15.3. The van der Waals surface area contributed by atoms with Crippen LogP contribution in [0.15, 0.2) is 60.8 Å². The van der Waals surface area contributed by atoms with Gasteiger partial charge in [0.15, 0.2) is 0 Å². The normalized spacial score (nSPS) is 17.3. The molecule has 0 aliphatic carbocycles. The van der Waals surface area contributed by atoms with E-state index in [4.69, 9.17) is 5.41 Å². The van der Waals surface area contributed by atoms with Gasteiger partial charge in [-0.2, -0.15) is 0 Å². The van der Waals surface area contributed by atoms with E-state index in [1.54, 1.807) is 0 Å². The van der Waals surface area contributed by atoms with Crippen LogP contribution in [-0.4, -0.2) is 40.7 Å². The lowest BCUT2D eigenvalue weighted by atomic mass is 10.1. The molecule has 2 aromatic carbocycles. The molecule has 2 N–H and O–H groups in total. The first-order valence-electron chi connectivity index (χ1n) is 9.37. The Morgan fingerprint density at radius 2 is 2.00 bits per heavy atom. The minimum Gasteiger partial charge on any atom is -0.350 e. The summed E-state index contributed by atoms with van der Waals surface area (Å²) in [6.45, 7) is 3.14. The number of amides is 1.